The van der Waals surface area contributed by atoms with E-state index in [-0.39, 0.29) is 36.4 Å². The van der Waals surface area contributed by atoms with Crippen LogP contribution in [0.15, 0.2) is 36.4 Å². The molecular formula is C19H18ClFN2O4. The summed E-state index contributed by atoms with van der Waals surface area (Å²) in [7, 11) is 0. The summed E-state index contributed by atoms with van der Waals surface area (Å²) in [5, 5.41) is 2.63. The van der Waals surface area contributed by atoms with Gasteiger partial charge in [-0.15, -0.1) is 0 Å². The molecule has 0 saturated carbocycles. The van der Waals surface area contributed by atoms with E-state index in [2.05, 4.69) is 5.32 Å². The smallest absolute Gasteiger partial charge is 0.255 e. The summed E-state index contributed by atoms with van der Waals surface area (Å²) in [6.07, 6.45) is 0. The molecule has 0 unspecified atom stereocenters. The van der Waals surface area contributed by atoms with Crippen molar-refractivity contribution < 1.29 is 23.5 Å². The number of hydrogen-bond donors (Lipinski definition) is 1. The Hall–Kier alpha value is -2.80. The number of benzene rings is 2. The van der Waals surface area contributed by atoms with E-state index in [1.54, 1.807) is 11.0 Å². The summed E-state index contributed by atoms with van der Waals surface area (Å²) in [5.41, 5.74) is 0.669. The zero-order chi connectivity index (χ0) is 19.4. The van der Waals surface area contributed by atoms with Crippen LogP contribution in [0, 0.1) is 5.82 Å². The topological polar surface area (TPSA) is 67.9 Å². The molecule has 0 spiro atoms. The number of amides is 2. The van der Waals surface area contributed by atoms with Crippen LogP contribution in [0.5, 0.6) is 11.5 Å². The van der Waals surface area contributed by atoms with Gasteiger partial charge in [-0.1, -0.05) is 23.7 Å². The Morgan fingerprint density at radius 2 is 2.00 bits per heavy atom. The van der Waals surface area contributed by atoms with E-state index in [0.717, 1.165) is 5.56 Å². The maximum Gasteiger partial charge on any atom is 0.255 e. The highest BCUT2D eigenvalue weighted by Crippen LogP contribution is 2.32. The highest BCUT2D eigenvalue weighted by atomic mass is 35.5. The van der Waals surface area contributed by atoms with Crippen LogP contribution in [-0.2, 0) is 11.3 Å². The Morgan fingerprint density at radius 1 is 1.22 bits per heavy atom. The molecule has 1 aliphatic rings. The lowest BCUT2D eigenvalue weighted by molar-refractivity contribution is -0.129. The minimum Gasteiger partial charge on any atom is -0.454 e. The van der Waals surface area contributed by atoms with Crippen molar-refractivity contribution in [2.24, 2.45) is 0 Å². The standard InChI is InChI=1S/C19H18ClFN2O4/c1-12(24)23(10-13-5-6-16-17(9-13)27-11-26-16)8-7-22-19(25)18-14(20)3-2-4-15(18)21/h2-6,9H,7-8,10-11H2,1H3,(H,22,25). The third-order valence-electron chi connectivity index (χ3n) is 4.11. The van der Waals surface area contributed by atoms with Crippen LogP contribution in [0.4, 0.5) is 4.39 Å². The van der Waals surface area contributed by atoms with Crippen LogP contribution in [0.2, 0.25) is 5.02 Å². The second kappa shape index (κ2) is 8.26. The van der Waals surface area contributed by atoms with Crippen LogP contribution < -0.4 is 14.8 Å². The van der Waals surface area contributed by atoms with Crippen molar-refractivity contribution in [2.45, 2.75) is 13.5 Å². The minimum atomic E-state index is -0.691. The third kappa shape index (κ3) is 4.49. The van der Waals surface area contributed by atoms with Crippen LogP contribution in [0.25, 0.3) is 0 Å². The zero-order valence-electron chi connectivity index (χ0n) is 14.6. The lowest BCUT2D eigenvalue weighted by Gasteiger charge is -2.21. The van der Waals surface area contributed by atoms with E-state index in [9.17, 15) is 14.0 Å². The summed E-state index contributed by atoms with van der Waals surface area (Å²) < 4.78 is 24.4. The molecule has 1 aliphatic heterocycles. The fourth-order valence-electron chi connectivity index (χ4n) is 2.72. The fraction of sp³-hybridized carbons (Fsp3) is 0.263. The molecule has 1 heterocycles. The summed E-state index contributed by atoms with van der Waals surface area (Å²) >= 11 is 5.88. The summed E-state index contributed by atoms with van der Waals surface area (Å²) in [4.78, 5) is 25.6. The molecule has 0 atom stereocenters. The van der Waals surface area contributed by atoms with Gasteiger partial charge in [-0.2, -0.15) is 0 Å². The monoisotopic (exact) mass is 392 g/mol. The lowest BCUT2D eigenvalue weighted by atomic mass is 10.2. The van der Waals surface area contributed by atoms with E-state index < -0.39 is 11.7 Å². The summed E-state index contributed by atoms with van der Waals surface area (Å²) in [6, 6.07) is 9.50. The summed E-state index contributed by atoms with van der Waals surface area (Å²) in [6.45, 7) is 2.40. The fourth-order valence-corrected chi connectivity index (χ4v) is 2.96. The van der Waals surface area contributed by atoms with E-state index in [1.807, 2.05) is 12.1 Å². The SMILES string of the molecule is CC(=O)N(CCNC(=O)c1c(F)cccc1Cl)Cc1ccc2c(c1)OCO2. The quantitative estimate of drug-likeness (QED) is 0.820. The van der Waals surface area contributed by atoms with Gasteiger partial charge in [0.15, 0.2) is 11.5 Å². The number of nitrogens with one attached hydrogen (secondary N) is 1. The number of carbonyl (C=O) groups is 2. The number of nitrogens with zero attached hydrogens (tertiary/aromatic N) is 1. The molecule has 142 valence electrons. The molecule has 0 aliphatic carbocycles. The molecule has 0 saturated heterocycles. The lowest BCUT2D eigenvalue weighted by Crippen LogP contribution is -2.37. The highest BCUT2D eigenvalue weighted by molar-refractivity contribution is 6.33. The van der Waals surface area contributed by atoms with Gasteiger partial charge in [-0.3, -0.25) is 9.59 Å². The van der Waals surface area contributed by atoms with Gasteiger partial charge >= 0.3 is 0 Å². The van der Waals surface area contributed by atoms with Crippen molar-refractivity contribution in [1.29, 1.82) is 0 Å². The average molecular weight is 393 g/mol. The van der Waals surface area contributed by atoms with Crippen molar-refractivity contribution in [3.05, 3.63) is 58.4 Å². The zero-order valence-corrected chi connectivity index (χ0v) is 15.4. The first-order valence-electron chi connectivity index (χ1n) is 8.32. The minimum absolute atomic E-state index is 0.0382. The molecule has 2 aromatic carbocycles. The maximum atomic E-state index is 13.8. The van der Waals surface area contributed by atoms with Crippen LogP contribution >= 0.6 is 11.6 Å². The first kappa shape index (κ1) is 19.0. The molecular weight excluding hydrogens is 375 g/mol. The van der Waals surface area contributed by atoms with Crippen molar-refractivity contribution in [3.8, 4) is 11.5 Å². The van der Waals surface area contributed by atoms with Gasteiger partial charge in [0.2, 0.25) is 12.7 Å². The predicted molar refractivity (Wildman–Crippen MR) is 97.4 cm³/mol. The van der Waals surface area contributed by atoms with Gasteiger partial charge in [0.05, 0.1) is 10.6 Å². The largest absolute Gasteiger partial charge is 0.454 e. The average Bonchev–Trinajstić information content (AvgIpc) is 3.08. The Kier molecular flexibility index (Phi) is 5.81. The molecule has 0 bridgehead atoms. The number of halogens is 2. The van der Waals surface area contributed by atoms with Crippen LogP contribution in [0.3, 0.4) is 0 Å². The predicted octanol–water partition coefficient (Wildman–Crippen LogP) is 2.99. The van der Waals surface area contributed by atoms with Gasteiger partial charge < -0.3 is 19.7 Å². The Morgan fingerprint density at radius 3 is 2.74 bits per heavy atom. The number of rotatable bonds is 6. The van der Waals surface area contributed by atoms with E-state index in [0.29, 0.717) is 18.0 Å². The first-order chi connectivity index (χ1) is 13.0. The second-order valence-electron chi connectivity index (χ2n) is 5.98. The number of hydrogen-bond acceptors (Lipinski definition) is 4. The number of ether oxygens (including phenoxy) is 2. The second-order valence-corrected chi connectivity index (χ2v) is 6.39. The molecule has 0 fully saturated rings. The number of fused-ring (bicyclic) bond motifs is 1. The van der Waals surface area contributed by atoms with Crippen molar-refractivity contribution in [2.75, 3.05) is 19.9 Å². The molecule has 3 rings (SSSR count). The molecule has 2 amide bonds. The normalized spacial score (nSPS) is 12.0. The van der Waals surface area contributed by atoms with Gasteiger partial charge in [0.1, 0.15) is 5.82 Å². The Balaban J connectivity index is 1.59. The Labute approximate surface area is 160 Å². The van der Waals surface area contributed by atoms with E-state index >= 15 is 0 Å². The van der Waals surface area contributed by atoms with Crippen molar-refractivity contribution in [3.63, 3.8) is 0 Å². The molecule has 8 heteroatoms. The Bertz CT molecular complexity index is 855. The van der Waals surface area contributed by atoms with Crippen molar-refractivity contribution >= 4 is 23.4 Å². The molecule has 1 N–H and O–H groups in total. The van der Waals surface area contributed by atoms with E-state index in [4.69, 9.17) is 21.1 Å². The van der Waals surface area contributed by atoms with Gasteiger partial charge in [-0.05, 0) is 29.8 Å². The van der Waals surface area contributed by atoms with Crippen molar-refractivity contribution in [1.82, 2.24) is 10.2 Å². The number of carbonyl (C=O) groups excluding carboxylic acids is 2. The first-order valence-corrected chi connectivity index (χ1v) is 8.69. The van der Waals surface area contributed by atoms with Gasteiger partial charge in [0.25, 0.3) is 5.91 Å². The molecule has 0 aromatic heterocycles. The maximum absolute atomic E-state index is 13.8. The van der Waals surface area contributed by atoms with E-state index in [1.165, 1.54) is 25.1 Å². The van der Waals surface area contributed by atoms with Gasteiger partial charge in [0, 0.05) is 26.6 Å². The summed E-state index contributed by atoms with van der Waals surface area (Å²) in [5.74, 6) is -0.153. The highest BCUT2D eigenvalue weighted by Gasteiger charge is 2.18. The molecule has 2 aromatic rings. The third-order valence-corrected chi connectivity index (χ3v) is 4.43. The van der Waals surface area contributed by atoms with Crippen LogP contribution in [0.1, 0.15) is 22.8 Å². The molecule has 6 nitrogen and oxygen atoms in total. The molecule has 0 radical (unpaired) electrons. The van der Waals surface area contributed by atoms with Gasteiger partial charge in [-0.25, -0.2) is 4.39 Å². The van der Waals surface area contributed by atoms with Crippen LogP contribution in [-0.4, -0.2) is 36.6 Å². The molecule has 27 heavy (non-hydrogen) atoms.